The van der Waals surface area contributed by atoms with E-state index in [9.17, 15) is 0 Å². The maximum atomic E-state index is 4.39. The van der Waals surface area contributed by atoms with Crippen molar-refractivity contribution in [3.8, 4) is 9.88 Å². The van der Waals surface area contributed by atoms with E-state index < -0.39 is 0 Å². The van der Waals surface area contributed by atoms with E-state index in [1.807, 2.05) is 18.5 Å². The van der Waals surface area contributed by atoms with E-state index in [-0.39, 0.29) is 0 Å². The number of rotatable bonds is 2. The molecule has 0 aliphatic heterocycles. The zero-order valence-corrected chi connectivity index (χ0v) is 8.21. The molecule has 0 aromatic carbocycles. The van der Waals surface area contributed by atoms with E-state index in [1.165, 1.54) is 4.88 Å². The van der Waals surface area contributed by atoms with Crippen LogP contribution < -0.4 is 5.32 Å². The molecule has 0 aliphatic rings. The van der Waals surface area contributed by atoms with Crippen LogP contribution in [0.1, 0.15) is 0 Å². The Kier molecular flexibility index (Phi) is 2.10. The molecule has 0 saturated carbocycles. The zero-order chi connectivity index (χ0) is 8.39. The van der Waals surface area contributed by atoms with E-state index in [1.54, 1.807) is 22.7 Å². The smallest absolute Gasteiger partial charge is 0.137 e. The van der Waals surface area contributed by atoms with E-state index in [4.69, 9.17) is 0 Å². The third-order valence-corrected chi connectivity index (χ3v) is 3.37. The summed E-state index contributed by atoms with van der Waals surface area (Å²) in [5.41, 5.74) is 0. The Morgan fingerprint density at radius 3 is 2.92 bits per heavy atom. The van der Waals surface area contributed by atoms with Gasteiger partial charge in [-0.3, -0.25) is 0 Å². The molecule has 0 bridgehead atoms. The number of hydrogen-bond acceptors (Lipinski definition) is 4. The normalized spacial score (nSPS) is 10.1. The molecule has 0 fully saturated rings. The first-order valence-electron chi connectivity index (χ1n) is 3.57. The summed E-state index contributed by atoms with van der Waals surface area (Å²) in [7, 11) is 1.88. The standard InChI is InChI=1S/C8H8N2S2/c1-9-7-5-12-8(10-7)6-3-2-4-11-6/h2-5,9H,1H3. The maximum absolute atomic E-state index is 4.39. The van der Waals surface area contributed by atoms with Crippen molar-refractivity contribution >= 4 is 28.5 Å². The van der Waals surface area contributed by atoms with Crippen molar-refractivity contribution in [2.24, 2.45) is 0 Å². The Balaban J connectivity index is 2.35. The van der Waals surface area contributed by atoms with Crippen LogP contribution in [-0.4, -0.2) is 12.0 Å². The molecular weight excluding hydrogens is 188 g/mol. The Labute approximate surface area is 78.9 Å². The van der Waals surface area contributed by atoms with Crippen LogP contribution in [0.2, 0.25) is 0 Å². The predicted octanol–water partition coefficient (Wildman–Crippen LogP) is 2.91. The van der Waals surface area contributed by atoms with Crippen molar-refractivity contribution in [1.29, 1.82) is 0 Å². The fourth-order valence-corrected chi connectivity index (χ4v) is 2.53. The van der Waals surface area contributed by atoms with Crippen LogP contribution in [0.25, 0.3) is 9.88 Å². The van der Waals surface area contributed by atoms with Crippen LogP contribution in [0.5, 0.6) is 0 Å². The lowest BCUT2D eigenvalue weighted by molar-refractivity contribution is 1.36. The molecule has 1 N–H and O–H groups in total. The van der Waals surface area contributed by atoms with Crippen LogP contribution in [0.4, 0.5) is 5.82 Å². The molecule has 0 saturated heterocycles. The van der Waals surface area contributed by atoms with Gasteiger partial charge in [0.25, 0.3) is 0 Å². The summed E-state index contributed by atoms with van der Waals surface area (Å²) in [4.78, 5) is 5.63. The maximum Gasteiger partial charge on any atom is 0.137 e. The Morgan fingerprint density at radius 1 is 1.42 bits per heavy atom. The monoisotopic (exact) mass is 196 g/mol. The number of thiophene rings is 1. The van der Waals surface area contributed by atoms with E-state index in [2.05, 4.69) is 21.7 Å². The van der Waals surface area contributed by atoms with Crippen LogP contribution >= 0.6 is 22.7 Å². The number of hydrogen-bond donors (Lipinski definition) is 1. The highest BCUT2D eigenvalue weighted by molar-refractivity contribution is 7.20. The minimum absolute atomic E-state index is 0.948. The molecule has 4 heteroatoms. The molecule has 2 rings (SSSR count). The Hall–Kier alpha value is -0.870. The molecule has 2 aromatic rings. The summed E-state index contributed by atoms with van der Waals surface area (Å²) in [5, 5.41) is 8.19. The summed E-state index contributed by atoms with van der Waals surface area (Å²) < 4.78 is 0. The summed E-state index contributed by atoms with van der Waals surface area (Å²) in [6, 6.07) is 4.13. The molecule has 0 unspecified atom stereocenters. The number of aromatic nitrogens is 1. The minimum atomic E-state index is 0.948. The van der Waals surface area contributed by atoms with Gasteiger partial charge in [-0.1, -0.05) is 6.07 Å². The molecule has 0 aliphatic carbocycles. The summed E-state index contributed by atoms with van der Waals surface area (Å²) >= 11 is 3.39. The lowest BCUT2D eigenvalue weighted by Gasteiger charge is -1.88. The number of anilines is 1. The van der Waals surface area contributed by atoms with Gasteiger partial charge in [-0.15, -0.1) is 22.7 Å². The highest BCUT2D eigenvalue weighted by Crippen LogP contribution is 2.28. The van der Waals surface area contributed by atoms with Gasteiger partial charge in [0.05, 0.1) is 4.88 Å². The van der Waals surface area contributed by atoms with Gasteiger partial charge < -0.3 is 5.32 Å². The van der Waals surface area contributed by atoms with E-state index >= 15 is 0 Å². The average molecular weight is 196 g/mol. The molecule has 2 nitrogen and oxygen atoms in total. The van der Waals surface area contributed by atoms with Crippen molar-refractivity contribution in [2.75, 3.05) is 12.4 Å². The first-order valence-corrected chi connectivity index (χ1v) is 5.33. The zero-order valence-electron chi connectivity index (χ0n) is 6.57. The number of thiazole rings is 1. The van der Waals surface area contributed by atoms with Crippen molar-refractivity contribution in [1.82, 2.24) is 4.98 Å². The first-order chi connectivity index (χ1) is 5.90. The predicted molar refractivity (Wildman–Crippen MR) is 55.0 cm³/mol. The van der Waals surface area contributed by atoms with Crippen LogP contribution in [0.15, 0.2) is 22.9 Å². The Bertz CT molecular complexity index is 351. The second-order valence-corrected chi connectivity index (χ2v) is 4.07. The van der Waals surface area contributed by atoms with Crippen LogP contribution in [0.3, 0.4) is 0 Å². The second kappa shape index (κ2) is 3.25. The van der Waals surface area contributed by atoms with Gasteiger partial charge in [-0.2, -0.15) is 0 Å². The molecule has 0 amide bonds. The van der Waals surface area contributed by atoms with Gasteiger partial charge in [0.15, 0.2) is 0 Å². The molecule has 2 aromatic heterocycles. The van der Waals surface area contributed by atoms with Crippen molar-refractivity contribution in [3.63, 3.8) is 0 Å². The van der Waals surface area contributed by atoms with Crippen molar-refractivity contribution in [3.05, 3.63) is 22.9 Å². The minimum Gasteiger partial charge on any atom is -0.372 e. The number of nitrogens with zero attached hydrogens (tertiary/aromatic N) is 1. The topological polar surface area (TPSA) is 24.9 Å². The van der Waals surface area contributed by atoms with Crippen LogP contribution in [0, 0.1) is 0 Å². The second-order valence-electron chi connectivity index (χ2n) is 2.27. The molecule has 0 radical (unpaired) electrons. The van der Waals surface area contributed by atoms with E-state index in [0.717, 1.165) is 10.8 Å². The summed E-state index contributed by atoms with van der Waals surface area (Å²) in [6.45, 7) is 0. The molecule has 62 valence electrons. The third-order valence-electron chi connectivity index (χ3n) is 1.49. The van der Waals surface area contributed by atoms with Gasteiger partial charge in [0.1, 0.15) is 10.8 Å². The van der Waals surface area contributed by atoms with Crippen molar-refractivity contribution in [2.45, 2.75) is 0 Å². The summed E-state index contributed by atoms with van der Waals surface area (Å²) in [5.74, 6) is 0.948. The van der Waals surface area contributed by atoms with Gasteiger partial charge in [0.2, 0.25) is 0 Å². The van der Waals surface area contributed by atoms with Crippen LogP contribution in [-0.2, 0) is 0 Å². The highest BCUT2D eigenvalue weighted by Gasteiger charge is 2.03. The quantitative estimate of drug-likeness (QED) is 0.798. The Morgan fingerprint density at radius 2 is 2.33 bits per heavy atom. The highest BCUT2D eigenvalue weighted by atomic mass is 32.1. The molecular formula is C8H8N2S2. The lowest BCUT2D eigenvalue weighted by atomic mass is 10.5. The summed E-state index contributed by atoms with van der Waals surface area (Å²) in [6.07, 6.45) is 0. The molecule has 0 spiro atoms. The fourth-order valence-electron chi connectivity index (χ4n) is 0.902. The SMILES string of the molecule is CNc1csc(-c2cccs2)n1. The van der Waals surface area contributed by atoms with Gasteiger partial charge in [-0.25, -0.2) is 4.98 Å². The first kappa shape index (κ1) is 7.76. The van der Waals surface area contributed by atoms with E-state index in [0.29, 0.717) is 0 Å². The van der Waals surface area contributed by atoms with Gasteiger partial charge in [0, 0.05) is 12.4 Å². The largest absolute Gasteiger partial charge is 0.372 e. The third kappa shape index (κ3) is 1.35. The molecule has 12 heavy (non-hydrogen) atoms. The molecule has 2 heterocycles. The van der Waals surface area contributed by atoms with Gasteiger partial charge in [-0.05, 0) is 11.4 Å². The fraction of sp³-hybridized carbons (Fsp3) is 0.125. The van der Waals surface area contributed by atoms with Gasteiger partial charge >= 0.3 is 0 Å². The average Bonchev–Trinajstić information content (AvgIpc) is 2.75. The molecule has 0 atom stereocenters. The lowest BCUT2D eigenvalue weighted by Crippen LogP contribution is -1.86. The van der Waals surface area contributed by atoms with Crippen molar-refractivity contribution < 1.29 is 0 Å². The number of nitrogens with one attached hydrogen (secondary N) is 1.